The van der Waals surface area contributed by atoms with E-state index in [1.165, 1.54) is 16.9 Å². The molecular formula is C18H16ClN5S. The van der Waals surface area contributed by atoms with E-state index in [0.717, 1.165) is 58.7 Å². The zero-order valence-corrected chi connectivity index (χ0v) is 15.0. The number of thiophene rings is 1. The third kappa shape index (κ3) is 2.65. The number of aryl methyl sites for hydroxylation is 2. The monoisotopic (exact) mass is 369 g/mol. The molecule has 7 heteroatoms. The lowest BCUT2D eigenvalue weighted by atomic mass is 10.2. The number of aromatic amines is 1. The summed E-state index contributed by atoms with van der Waals surface area (Å²) < 4.78 is 0. The Bertz CT molecular complexity index is 1050. The van der Waals surface area contributed by atoms with Crippen LogP contribution in [0.1, 0.15) is 22.7 Å². The number of hydrogen-bond donors (Lipinski definition) is 2. The Morgan fingerprint density at radius 3 is 3.00 bits per heavy atom. The molecule has 1 aliphatic carbocycles. The lowest BCUT2D eigenvalue weighted by molar-refractivity contribution is 0.915. The molecule has 0 bridgehead atoms. The van der Waals surface area contributed by atoms with E-state index >= 15 is 0 Å². The van der Waals surface area contributed by atoms with Crippen LogP contribution in [0.2, 0.25) is 5.28 Å². The quantitative estimate of drug-likeness (QED) is 0.524. The van der Waals surface area contributed by atoms with Crippen LogP contribution in [0.4, 0.5) is 5.82 Å². The number of halogens is 1. The van der Waals surface area contributed by atoms with Gasteiger partial charge >= 0.3 is 0 Å². The Kier molecular flexibility index (Phi) is 3.60. The van der Waals surface area contributed by atoms with Crippen molar-refractivity contribution in [3.8, 4) is 0 Å². The van der Waals surface area contributed by atoms with Crippen LogP contribution in [0.15, 0.2) is 24.3 Å². The fourth-order valence-corrected chi connectivity index (χ4v) is 5.00. The Hall–Kier alpha value is -2.18. The van der Waals surface area contributed by atoms with Crippen LogP contribution >= 0.6 is 22.9 Å². The molecule has 5 nitrogen and oxygen atoms in total. The van der Waals surface area contributed by atoms with Gasteiger partial charge in [-0.2, -0.15) is 0 Å². The van der Waals surface area contributed by atoms with Crippen molar-refractivity contribution in [3.05, 3.63) is 45.8 Å². The highest BCUT2D eigenvalue weighted by molar-refractivity contribution is 7.19. The van der Waals surface area contributed by atoms with E-state index in [9.17, 15) is 0 Å². The number of nitrogens with zero attached hydrogens (tertiary/aromatic N) is 3. The zero-order chi connectivity index (χ0) is 16.8. The molecule has 0 radical (unpaired) electrons. The van der Waals surface area contributed by atoms with Gasteiger partial charge in [0, 0.05) is 17.8 Å². The van der Waals surface area contributed by atoms with Gasteiger partial charge in [0.1, 0.15) is 16.5 Å². The number of aromatic nitrogens is 4. The second-order valence-corrected chi connectivity index (χ2v) is 7.68. The normalized spacial score (nSPS) is 13.6. The standard InChI is InChI=1S/C18H16ClN5S/c19-18-23-16(15-10-4-3-7-13(10)25-17(15)24-18)20-9-8-14-21-11-5-1-2-6-12(11)22-14/h1-2,5-6H,3-4,7-9H2,(H,21,22)(H,20,23,24). The Morgan fingerprint density at radius 2 is 2.08 bits per heavy atom. The van der Waals surface area contributed by atoms with Crippen molar-refractivity contribution >= 4 is 50.0 Å². The smallest absolute Gasteiger partial charge is 0.225 e. The highest BCUT2D eigenvalue weighted by Gasteiger charge is 2.22. The molecule has 3 heterocycles. The lowest BCUT2D eigenvalue weighted by Crippen LogP contribution is -2.08. The van der Waals surface area contributed by atoms with E-state index in [1.54, 1.807) is 11.3 Å². The molecule has 5 rings (SSSR count). The van der Waals surface area contributed by atoms with Gasteiger partial charge in [-0.3, -0.25) is 0 Å². The number of para-hydroxylation sites is 2. The van der Waals surface area contributed by atoms with Crippen molar-refractivity contribution in [2.75, 3.05) is 11.9 Å². The van der Waals surface area contributed by atoms with Crippen LogP contribution in [-0.2, 0) is 19.3 Å². The highest BCUT2D eigenvalue weighted by Crippen LogP contribution is 2.39. The van der Waals surface area contributed by atoms with Gasteiger partial charge in [-0.1, -0.05) is 12.1 Å². The zero-order valence-electron chi connectivity index (χ0n) is 13.5. The molecule has 1 aliphatic rings. The minimum atomic E-state index is 0.304. The number of benzene rings is 1. The van der Waals surface area contributed by atoms with E-state index in [0.29, 0.717) is 5.28 Å². The Morgan fingerprint density at radius 1 is 1.16 bits per heavy atom. The van der Waals surface area contributed by atoms with E-state index in [4.69, 9.17) is 11.6 Å². The van der Waals surface area contributed by atoms with E-state index in [2.05, 4.69) is 25.3 Å². The van der Waals surface area contributed by atoms with E-state index in [-0.39, 0.29) is 0 Å². The maximum Gasteiger partial charge on any atom is 0.225 e. The molecule has 0 atom stereocenters. The topological polar surface area (TPSA) is 66.5 Å². The largest absolute Gasteiger partial charge is 0.369 e. The van der Waals surface area contributed by atoms with Crippen LogP contribution < -0.4 is 5.32 Å². The summed E-state index contributed by atoms with van der Waals surface area (Å²) in [6.45, 7) is 0.743. The van der Waals surface area contributed by atoms with Crippen molar-refractivity contribution in [3.63, 3.8) is 0 Å². The Balaban J connectivity index is 1.40. The number of hydrogen-bond acceptors (Lipinski definition) is 5. The number of H-pyrrole nitrogens is 1. The first-order valence-corrected chi connectivity index (χ1v) is 9.62. The average Bonchev–Trinajstić information content (AvgIpc) is 3.27. The van der Waals surface area contributed by atoms with Gasteiger partial charge in [-0.15, -0.1) is 11.3 Å². The summed E-state index contributed by atoms with van der Waals surface area (Å²) in [5, 5.41) is 4.91. The molecule has 0 amide bonds. The van der Waals surface area contributed by atoms with Crippen LogP contribution in [-0.4, -0.2) is 26.5 Å². The van der Waals surface area contributed by atoms with Gasteiger partial charge in [-0.25, -0.2) is 15.0 Å². The molecule has 3 aromatic heterocycles. The maximum absolute atomic E-state index is 6.12. The van der Waals surface area contributed by atoms with Crippen molar-refractivity contribution < 1.29 is 0 Å². The summed E-state index contributed by atoms with van der Waals surface area (Å²) in [6, 6.07) is 8.08. The summed E-state index contributed by atoms with van der Waals surface area (Å²) in [7, 11) is 0. The van der Waals surface area contributed by atoms with Crippen LogP contribution in [0, 0.1) is 0 Å². The number of anilines is 1. The van der Waals surface area contributed by atoms with Gasteiger partial charge < -0.3 is 10.3 Å². The molecule has 1 aromatic carbocycles. The van der Waals surface area contributed by atoms with Crippen LogP contribution in [0.5, 0.6) is 0 Å². The van der Waals surface area contributed by atoms with E-state index < -0.39 is 0 Å². The van der Waals surface area contributed by atoms with Crippen molar-refractivity contribution in [2.24, 2.45) is 0 Å². The minimum absolute atomic E-state index is 0.304. The SMILES string of the molecule is Clc1nc(NCCc2nc3ccccc3[nH]2)c2c3c(sc2n1)CCC3. The first-order valence-electron chi connectivity index (χ1n) is 8.43. The number of imidazole rings is 1. The van der Waals surface area contributed by atoms with Gasteiger partial charge in [0.15, 0.2) is 0 Å². The Labute approximate surface area is 153 Å². The highest BCUT2D eigenvalue weighted by atomic mass is 35.5. The summed E-state index contributed by atoms with van der Waals surface area (Å²) in [6.07, 6.45) is 4.27. The maximum atomic E-state index is 6.12. The molecule has 0 saturated heterocycles. The minimum Gasteiger partial charge on any atom is -0.369 e. The second kappa shape index (κ2) is 5.97. The van der Waals surface area contributed by atoms with Gasteiger partial charge in [-0.05, 0) is 48.6 Å². The molecule has 0 spiro atoms. The summed E-state index contributed by atoms with van der Waals surface area (Å²) >= 11 is 7.88. The van der Waals surface area contributed by atoms with Gasteiger partial charge in [0.2, 0.25) is 5.28 Å². The fraction of sp³-hybridized carbons (Fsp3) is 0.278. The first kappa shape index (κ1) is 15.1. The second-order valence-electron chi connectivity index (χ2n) is 6.26. The van der Waals surface area contributed by atoms with Crippen molar-refractivity contribution in [2.45, 2.75) is 25.7 Å². The molecule has 0 aliphatic heterocycles. The number of nitrogens with one attached hydrogen (secondary N) is 2. The summed E-state index contributed by atoms with van der Waals surface area (Å²) in [4.78, 5) is 19.3. The molecular weight excluding hydrogens is 354 g/mol. The lowest BCUT2D eigenvalue weighted by Gasteiger charge is -2.07. The van der Waals surface area contributed by atoms with E-state index in [1.807, 2.05) is 24.3 Å². The summed E-state index contributed by atoms with van der Waals surface area (Å²) in [5.41, 5.74) is 3.48. The molecule has 0 unspecified atom stereocenters. The number of fused-ring (bicyclic) bond motifs is 4. The molecule has 0 saturated carbocycles. The average molecular weight is 370 g/mol. The number of rotatable bonds is 4. The van der Waals surface area contributed by atoms with Crippen LogP contribution in [0.25, 0.3) is 21.3 Å². The molecule has 2 N–H and O–H groups in total. The van der Waals surface area contributed by atoms with Crippen molar-refractivity contribution in [1.82, 2.24) is 19.9 Å². The van der Waals surface area contributed by atoms with Crippen molar-refractivity contribution in [1.29, 1.82) is 0 Å². The van der Waals surface area contributed by atoms with Crippen LogP contribution in [0.3, 0.4) is 0 Å². The third-order valence-corrected chi connectivity index (χ3v) is 5.98. The molecule has 126 valence electrons. The third-order valence-electron chi connectivity index (χ3n) is 4.63. The predicted molar refractivity (Wildman–Crippen MR) is 103 cm³/mol. The van der Waals surface area contributed by atoms with Gasteiger partial charge in [0.05, 0.1) is 16.4 Å². The molecule has 0 fully saturated rings. The fourth-order valence-electron chi connectivity index (χ4n) is 3.52. The first-order chi connectivity index (χ1) is 12.3. The molecule has 4 aromatic rings. The summed E-state index contributed by atoms with van der Waals surface area (Å²) in [5.74, 6) is 1.83. The van der Waals surface area contributed by atoms with Gasteiger partial charge in [0.25, 0.3) is 0 Å². The predicted octanol–water partition coefficient (Wildman–Crippen LogP) is 4.36. The molecule has 25 heavy (non-hydrogen) atoms.